The largest absolute Gasteiger partial charge is 0.349 e. The highest BCUT2D eigenvalue weighted by atomic mass is 19.1. The molecule has 0 aliphatic heterocycles. The summed E-state index contributed by atoms with van der Waals surface area (Å²) in [5, 5.41) is 2.84. The Morgan fingerprint density at radius 1 is 1.64 bits per heavy atom. The smallest absolute Gasteiger partial charge is 0.253 e. The molecule has 0 bridgehead atoms. The van der Waals surface area contributed by atoms with Crippen LogP contribution in [0.25, 0.3) is 0 Å². The maximum absolute atomic E-state index is 12.4. The zero-order chi connectivity index (χ0) is 10.1. The molecule has 1 aliphatic carbocycles. The molecule has 4 heteroatoms. The summed E-state index contributed by atoms with van der Waals surface area (Å²) in [4.78, 5) is 14.9. The lowest BCUT2D eigenvalue weighted by atomic mass is 10.2. The van der Waals surface area contributed by atoms with Crippen LogP contribution in [0.5, 0.6) is 0 Å². The summed E-state index contributed by atoms with van der Waals surface area (Å²) in [5.74, 6) is -0.180. The van der Waals surface area contributed by atoms with Crippen LogP contribution in [0.15, 0.2) is 18.3 Å². The average Bonchev–Trinajstić information content (AvgIpc) is 2.82. The molecule has 0 spiro atoms. The van der Waals surface area contributed by atoms with Crippen LogP contribution >= 0.6 is 0 Å². The van der Waals surface area contributed by atoms with Gasteiger partial charge >= 0.3 is 0 Å². The van der Waals surface area contributed by atoms with Gasteiger partial charge in [-0.15, -0.1) is 0 Å². The second-order valence-corrected chi connectivity index (χ2v) is 3.66. The minimum atomic E-state index is -0.568. The molecule has 1 heterocycles. The van der Waals surface area contributed by atoms with E-state index in [0.29, 0.717) is 11.5 Å². The second kappa shape index (κ2) is 3.36. The summed E-state index contributed by atoms with van der Waals surface area (Å²) in [6.45, 7) is 2.08. The van der Waals surface area contributed by atoms with Gasteiger partial charge in [0.1, 0.15) is 0 Å². The van der Waals surface area contributed by atoms with Gasteiger partial charge in [-0.05, 0) is 24.5 Å². The Hall–Kier alpha value is -1.45. The maximum atomic E-state index is 12.4. The number of halogens is 1. The number of carbonyl (C=O) groups is 1. The van der Waals surface area contributed by atoms with Crippen LogP contribution in [0.2, 0.25) is 0 Å². The monoisotopic (exact) mass is 194 g/mol. The van der Waals surface area contributed by atoms with Crippen LogP contribution in [0.1, 0.15) is 23.7 Å². The lowest BCUT2D eigenvalue weighted by Crippen LogP contribution is -2.26. The van der Waals surface area contributed by atoms with Gasteiger partial charge in [0, 0.05) is 12.2 Å². The van der Waals surface area contributed by atoms with Crippen LogP contribution in [0.3, 0.4) is 0 Å². The standard InChI is InChI=1S/C10H11FN2O/c1-6-4-8(6)13-10(14)7-2-3-9(11)12-5-7/h2-3,5-6,8H,4H2,1H3,(H,13,14). The molecule has 14 heavy (non-hydrogen) atoms. The highest BCUT2D eigenvalue weighted by Crippen LogP contribution is 2.29. The number of hydrogen-bond donors (Lipinski definition) is 1. The van der Waals surface area contributed by atoms with E-state index in [4.69, 9.17) is 0 Å². The van der Waals surface area contributed by atoms with Gasteiger partial charge in [0.05, 0.1) is 5.56 Å². The van der Waals surface area contributed by atoms with Crippen LogP contribution in [-0.4, -0.2) is 16.9 Å². The van der Waals surface area contributed by atoms with Crippen molar-refractivity contribution in [1.82, 2.24) is 10.3 Å². The third-order valence-electron chi connectivity index (χ3n) is 2.42. The lowest BCUT2D eigenvalue weighted by molar-refractivity contribution is 0.0949. The fourth-order valence-electron chi connectivity index (χ4n) is 1.29. The van der Waals surface area contributed by atoms with Crippen LogP contribution < -0.4 is 5.32 Å². The fraction of sp³-hybridized carbons (Fsp3) is 0.400. The van der Waals surface area contributed by atoms with Gasteiger partial charge in [-0.3, -0.25) is 4.79 Å². The highest BCUT2D eigenvalue weighted by molar-refractivity contribution is 5.94. The lowest BCUT2D eigenvalue weighted by Gasteiger charge is -2.02. The van der Waals surface area contributed by atoms with Gasteiger partial charge < -0.3 is 5.32 Å². The van der Waals surface area contributed by atoms with Gasteiger partial charge in [0.2, 0.25) is 5.95 Å². The van der Waals surface area contributed by atoms with Gasteiger partial charge in [0.15, 0.2) is 0 Å². The number of aromatic nitrogens is 1. The zero-order valence-corrected chi connectivity index (χ0v) is 7.83. The van der Waals surface area contributed by atoms with E-state index in [1.54, 1.807) is 0 Å². The number of nitrogens with one attached hydrogen (secondary N) is 1. The Labute approximate surface area is 81.3 Å². The molecule has 0 aromatic carbocycles. The van der Waals surface area contributed by atoms with Crippen molar-refractivity contribution in [1.29, 1.82) is 0 Å². The van der Waals surface area contributed by atoms with E-state index in [-0.39, 0.29) is 11.9 Å². The van der Waals surface area contributed by atoms with Crippen LogP contribution in [-0.2, 0) is 0 Å². The van der Waals surface area contributed by atoms with Crippen molar-refractivity contribution in [3.8, 4) is 0 Å². The van der Waals surface area contributed by atoms with Crippen molar-refractivity contribution in [2.45, 2.75) is 19.4 Å². The molecule has 2 rings (SSSR count). The predicted molar refractivity (Wildman–Crippen MR) is 49.2 cm³/mol. The molecule has 3 nitrogen and oxygen atoms in total. The molecular formula is C10H11FN2O. The average molecular weight is 194 g/mol. The Balaban J connectivity index is 2.00. The molecule has 1 N–H and O–H groups in total. The van der Waals surface area contributed by atoms with Gasteiger partial charge in [-0.1, -0.05) is 6.92 Å². The first-order valence-electron chi connectivity index (χ1n) is 4.59. The van der Waals surface area contributed by atoms with Gasteiger partial charge in [-0.2, -0.15) is 4.39 Å². The quantitative estimate of drug-likeness (QED) is 0.722. The van der Waals surface area contributed by atoms with E-state index in [0.717, 1.165) is 6.42 Å². The molecule has 74 valence electrons. The molecule has 2 unspecified atom stereocenters. The third-order valence-corrected chi connectivity index (χ3v) is 2.42. The van der Waals surface area contributed by atoms with Crippen molar-refractivity contribution in [2.24, 2.45) is 5.92 Å². The van der Waals surface area contributed by atoms with E-state index < -0.39 is 5.95 Å². The summed E-state index contributed by atoms with van der Waals surface area (Å²) in [5.41, 5.74) is 0.408. The molecule has 1 fully saturated rings. The summed E-state index contributed by atoms with van der Waals surface area (Å²) in [6.07, 6.45) is 2.28. The summed E-state index contributed by atoms with van der Waals surface area (Å²) in [6, 6.07) is 2.91. The minimum absolute atomic E-state index is 0.174. The van der Waals surface area contributed by atoms with E-state index in [1.165, 1.54) is 18.3 Å². The van der Waals surface area contributed by atoms with Crippen molar-refractivity contribution in [3.05, 3.63) is 29.8 Å². The number of amides is 1. The molecule has 2 atom stereocenters. The number of carbonyl (C=O) groups excluding carboxylic acids is 1. The molecule has 0 saturated heterocycles. The summed E-state index contributed by atoms with van der Waals surface area (Å²) < 4.78 is 12.4. The predicted octanol–water partition coefficient (Wildman–Crippen LogP) is 1.36. The van der Waals surface area contributed by atoms with E-state index in [9.17, 15) is 9.18 Å². The first-order valence-corrected chi connectivity index (χ1v) is 4.59. The minimum Gasteiger partial charge on any atom is -0.349 e. The first-order chi connectivity index (χ1) is 6.66. The molecule has 1 aliphatic rings. The molecule has 1 aromatic heterocycles. The number of nitrogens with zero attached hydrogens (tertiary/aromatic N) is 1. The number of pyridine rings is 1. The van der Waals surface area contributed by atoms with Crippen molar-refractivity contribution >= 4 is 5.91 Å². The zero-order valence-electron chi connectivity index (χ0n) is 7.83. The maximum Gasteiger partial charge on any atom is 0.253 e. The van der Waals surface area contributed by atoms with Crippen LogP contribution in [0, 0.1) is 11.9 Å². The van der Waals surface area contributed by atoms with Crippen LogP contribution in [0.4, 0.5) is 4.39 Å². The molecule has 1 saturated carbocycles. The molecule has 1 amide bonds. The van der Waals surface area contributed by atoms with Crippen molar-refractivity contribution in [3.63, 3.8) is 0 Å². The summed E-state index contributed by atoms with van der Waals surface area (Å²) >= 11 is 0. The first kappa shape index (κ1) is 9.12. The Morgan fingerprint density at radius 3 is 2.86 bits per heavy atom. The van der Waals surface area contributed by atoms with Gasteiger partial charge in [-0.25, -0.2) is 4.98 Å². The number of hydrogen-bond acceptors (Lipinski definition) is 2. The van der Waals surface area contributed by atoms with E-state index in [2.05, 4.69) is 17.2 Å². The molecule has 0 radical (unpaired) electrons. The number of rotatable bonds is 2. The van der Waals surface area contributed by atoms with Gasteiger partial charge in [0.25, 0.3) is 5.91 Å². The second-order valence-electron chi connectivity index (χ2n) is 3.66. The molecule has 1 aromatic rings. The Kier molecular flexibility index (Phi) is 2.19. The van der Waals surface area contributed by atoms with Crippen molar-refractivity contribution < 1.29 is 9.18 Å². The SMILES string of the molecule is CC1CC1NC(=O)c1ccc(F)nc1. The Morgan fingerprint density at radius 2 is 2.36 bits per heavy atom. The third kappa shape index (κ3) is 1.89. The molecular weight excluding hydrogens is 183 g/mol. The fourth-order valence-corrected chi connectivity index (χ4v) is 1.29. The highest BCUT2D eigenvalue weighted by Gasteiger charge is 2.33. The normalized spacial score (nSPS) is 24.4. The van der Waals surface area contributed by atoms with E-state index in [1.807, 2.05) is 0 Å². The topological polar surface area (TPSA) is 42.0 Å². The van der Waals surface area contributed by atoms with Crippen molar-refractivity contribution in [2.75, 3.05) is 0 Å². The summed E-state index contributed by atoms with van der Waals surface area (Å²) in [7, 11) is 0. The Bertz CT molecular complexity index is 350. The van der Waals surface area contributed by atoms with E-state index >= 15 is 0 Å².